The molecule has 0 saturated carbocycles. The van der Waals surface area contributed by atoms with Crippen molar-refractivity contribution in [3.05, 3.63) is 89.5 Å². The zero-order valence-corrected chi connectivity index (χ0v) is 21.1. The summed E-state index contributed by atoms with van der Waals surface area (Å²) in [5.74, 6) is -1.15. The molecule has 1 fully saturated rings. The molecule has 1 saturated heterocycles. The number of nitrogens with one attached hydrogen (secondary N) is 2. The largest absolute Gasteiger partial charge is 0.341 e. The van der Waals surface area contributed by atoms with Crippen molar-refractivity contribution in [3.8, 4) is 11.1 Å². The van der Waals surface area contributed by atoms with Gasteiger partial charge in [0.2, 0.25) is 5.91 Å². The lowest BCUT2D eigenvalue weighted by Crippen LogP contribution is -2.45. The molecule has 188 valence electrons. The quantitative estimate of drug-likeness (QED) is 0.426. The van der Waals surface area contributed by atoms with Gasteiger partial charge in [0.25, 0.3) is 0 Å². The van der Waals surface area contributed by atoms with Crippen molar-refractivity contribution >= 4 is 11.7 Å². The first-order valence-corrected chi connectivity index (χ1v) is 12.7. The molecule has 3 atom stereocenters. The van der Waals surface area contributed by atoms with Crippen molar-refractivity contribution in [2.24, 2.45) is 5.92 Å². The fraction of sp³-hybridized carbons (Fsp3) is 0.367. The van der Waals surface area contributed by atoms with E-state index in [1.54, 1.807) is 18.5 Å². The predicted octanol–water partition coefficient (Wildman–Crippen LogP) is 5.37. The molecule has 1 amide bonds. The molecular formula is C30H34FN3O2. The fourth-order valence-corrected chi connectivity index (χ4v) is 4.90. The van der Waals surface area contributed by atoms with Crippen LogP contribution in [-0.4, -0.2) is 29.3 Å². The van der Waals surface area contributed by atoms with Crippen molar-refractivity contribution in [2.75, 3.05) is 6.54 Å². The van der Waals surface area contributed by atoms with E-state index < -0.39 is 12.0 Å². The van der Waals surface area contributed by atoms with E-state index in [9.17, 15) is 9.59 Å². The summed E-state index contributed by atoms with van der Waals surface area (Å²) in [6.07, 6.45) is 5.52. The number of benzene rings is 2. The summed E-state index contributed by atoms with van der Waals surface area (Å²) >= 11 is 0. The van der Waals surface area contributed by atoms with E-state index in [0.29, 0.717) is 35.1 Å². The maximum Gasteiger partial charge on any atom is 0.237 e. The highest BCUT2D eigenvalue weighted by Gasteiger charge is 2.33. The first kappa shape index (κ1) is 25.7. The van der Waals surface area contributed by atoms with Crippen molar-refractivity contribution in [2.45, 2.75) is 58.0 Å². The maximum atomic E-state index is 16.0. The van der Waals surface area contributed by atoms with Gasteiger partial charge in [-0.05, 0) is 66.1 Å². The molecule has 2 aromatic carbocycles. The van der Waals surface area contributed by atoms with E-state index in [-0.39, 0.29) is 29.5 Å². The average molecular weight is 488 g/mol. The number of amides is 1. The maximum absolute atomic E-state index is 16.0. The average Bonchev–Trinajstić information content (AvgIpc) is 3.43. The Kier molecular flexibility index (Phi) is 8.26. The molecule has 4 rings (SSSR count). The number of Topliss-reactive ketones (excluding diaryl/α,β-unsaturated/α-hetero) is 1. The third kappa shape index (κ3) is 5.71. The van der Waals surface area contributed by atoms with Gasteiger partial charge in [-0.25, -0.2) is 4.39 Å². The van der Waals surface area contributed by atoms with Crippen LogP contribution in [0.15, 0.2) is 67.0 Å². The Morgan fingerprint density at radius 2 is 1.72 bits per heavy atom. The Bertz CT molecular complexity index is 1190. The lowest BCUT2D eigenvalue weighted by molar-refractivity contribution is -0.130. The number of nitrogens with zero attached hydrogens (tertiary/aromatic N) is 1. The van der Waals surface area contributed by atoms with Crippen LogP contribution in [0.1, 0.15) is 62.3 Å². The summed E-state index contributed by atoms with van der Waals surface area (Å²) in [7, 11) is 0. The molecule has 3 unspecified atom stereocenters. The number of halogens is 1. The minimum atomic E-state index is -0.970. The fourth-order valence-electron chi connectivity index (χ4n) is 4.90. The summed E-state index contributed by atoms with van der Waals surface area (Å²) in [6.45, 7) is 6.51. The van der Waals surface area contributed by atoms with Gasteiger partial charge in [-0.15, -0.1) is 0 Å². The number of carbonyl (C=O) groups is 2. The van der Waals surface area contributed by atoms with Gasteiger partial charge in [-0.2, -0.15) is 0 Å². The molecule has 6 heteroatoms. The lowest BCUT2D eigenvalue weighted by atomic mass is 9.84. The molecule has 1 aliphatic rings. The van der Waals surface area contributed by atoms with Gasteiger partial charge < -0.3 is 10.6 Å². The molecule has 0 aliphatic carbocycles. The highest BCUT2D eigenvalue weighted by Crippen LogP contribution is 2.36. The Hall–Kier alpha value is -3.38. The van der Waals surface area contributed by atoms with E-state index in [0.717, 1.165) is 18.5 Å². The molecule has 2 heterocycles. The monoisotopic (exact) mass is 487 g/mol. The van der Waals surface area contributed by atoms with Crippen LogP contribution in [0.2, 0.25) is 0 Å². The Morgan fingerprint density at radius 3 is 2.36 bits per heavy atom. The van der Waals surface area contributed by atoms with Crippen LogP contribution in [0.3, 0.4) is 0 Å². The van der Waals surface area contributed by atoms with E-state index in [2.05, 4.69) is 15.6 Å². The summed E-state index contributed by atoms with van der Waals surface area (Å²) in [5.41, 5.74) is 3.10. The van der Waals surface area contributed by atoms with Crippen LogP contribution in [0, 0.1) is 11.7 Å². The molecule has 1 aliphatic heterocycles. The van der Waals surface area contributed by atoms with Crippen LogP contribution in [0.5, 0.6) is 0 Å². The highest BCUT2D eigenvalue weighted by atomic mass is 19.1. The van der Waals surface area contributed by atoms with E-state index in [1.807, 2.05) is 69.3 Å². The molecular weight excluding hydrogens is 453 g/mol. The first-order chi connectivity index (χ1) is 17.4. The van der Waals surface area contributed by atoms with Crippen molar-refractivity contribution in [3.63, 3.8) is 0 Å². The van der Waals surface area contributed by atoms with Crippen molar-refractivity contribution in [1.82, 2.24) is 15.6 Å². The lowest BCUT2D eigenvalue weighted by Gasteiger charge is -2.26. The number of aromatic nitrogens is 1. The molecule has 1 aromatic heterocycles. The molecule has 0 bridgehead atoms. The van der Waals surface area contributed by atoms with Gasteiger partial charge in [0.05, 0.1) is 6.04 Å². The molecule has 5 nitrogen and oxygen atoms in total. The third-order valence-corrected chi connectivity index (χ3v) is 6.92. The first-order valence-electron chi connectivity index (χ1n) is 12.7. The van der Waals surface area contributed by atoms with E-state index in [1.165, 1.54) is 0 Å². The Labute approximate surface area is 212 Å². The number of rotatable bonds is 9. The van der Waals surface area contributed by atoms with E-state index in [4.69, 9.17) is 0 Å². The van der Waals surface area contributed by atoms with Crippen LogP contribution in [0.25, 0.3) is 11.1 Å². The van der Waals surface area contributed by atoms with Crippen LogP contribution in [0.4, 0.5) is 4.39 Å². The predicted molar refractivity (Wildman–Crippen MR) is 140 cm³/mol. The van der Waals surface area contributed by atoms with Crippen LogP contribution in [-0.2, 0) is 16.0 Å². The number of hydrogen-bond donors (Lipinski definition) is 2. The molecule has 36 heavy (non-hydrogen) atoms. The normalized spacial score (nSPS) is 17.1. The minimum Gasteiger partial charge on any atom is -0.341 e. The number of pyridine rings is 1. The second-order valence-corrected chi connectivity index (χ2v) is 9.91. The van der Waals surface area contributed by atoms with Gasteiger partial charge in [-0.1, -0.05) is 63.2 Å². The minimum absolute atomic E-state index is 0.0291. The van der Waals surface area contributed by atoms with Crippen LogP contribution >= 0.6 is 0 Å². The molecule has 0 radical (unpaired) electrons. The standard InChI is InChI=1S/C30H34FN3O2/c1-19(2)23-11-12-24(26(27(23)31)22-8-5-4-6-9-22)28(34-30(36)25-10-7-15-33-25)29(35)20(3)18-21-13-16-32-17-14-21/h4-6,8-9,11-14,16-17,19-20,25,28,33H,7,10,15,18H2,1-3H3,(H,34,36). The third-order valence-electron chi connectivity index (χ3n) is 6.92. The summed E-state index contributed by atoms with van der Waals surface area (Å²) in [4.78, 5) is 31.2. The SMILES string of the molecule is CC(Cc1ccncc1)C(=O)C(NC(=O)C1CCCN1)c1ccc(C(C)C)c(F)c1-c1ccccc1. The molecule has 3 aromatic rings. The van der Waals surface area contributed by atoms with E-state index >= 15 is 4.39 Å². The highest BCUT2D eigenvalue weighted by molar-refractivity contribution is 5.94. The second kappa shape index (κ2) is 11.6. The van der Waals surface area contributed by atoms with Gasteiger partial charge in [0.1, 0.15) is 11.9 Å². The summed E-state index contributed by atoms with van der Waals surface area (Å²) < 4.78 is 16.0. The smallest absolute Gasteiger partial charge is 0.237 e. The van der Waals surface area contributed by atoms with Gasteiger partial charge in [0.15, 0.2) is 5.78 Å². The number of hydrogen-bond acceptors (Lipinski definition) is 4. The van der Waals surface area contributed by atoms with Crippen molar-refractivity contribution in [1.29, 1.82) is 0 Å². The molecule has 2 N–H and O–H groups in total. The molecule has 0 spiro atoms. The Balaban J connectivity index is 1.78. The zero-order chi connectivity index (χ0) is 25.7. The van der Waals surface area contributed by atoms with Gasteiger partial charge >= 0.3 is 0 Å². The van der Waals surface area contributed by atoms with Crippen molar-refractivity contribution < 1.29 is 14.0 Å². The zero-order valence-electron chi connectivity index (χ0n) is 21.1. The van der Waals surface area contributed by atoms with Crippen LogP contribution < -0.4 is 10.6 Å². The second-order valence-electron chi connectivity index (χ2n) is 9.91. The Morgan fingerprint density at radius 1 is 1.03 bits per heavy atom. The van der Waals surface area contributed by atoms with Gasteiger partial charge in [-0.3, -0.25) is 14.6 Å². The van der Waals surface area contributed by atoms with Gasteiger partial charge in [0, 0.05) is 23.9 Å². The topological polar surface area (TPSA) is 71.1 Å². The summed E-state index contributed by atoms with van der Waals surface area (Å²) in [6, 6.07) is 15.3. The number of ketones is 1. The summed E-state index contributed by atoms with van der Waals surface area (Å²) in [5, 5.41) is 6.20. The number of carbonyl (C=O) groups excluding carboxylic acids is 2.